The lowest BCUT2D eigenvalue weighted by Gasteiger charge is -2.26. The minimum absolute atomic E-state index is 0.0646. The second-order valence-corrected chi connectivity index (χ2v) is 8.51. The summed E-state index contributed by atoms with van der Waals surface area (Å²) in [5.41, 5.74) is 6.01. The number of carbonyl (C=O) groups excluding carboxylic acids is 2. The largest absolute Gasteiger partial charge is 0.507 e. The molecule has 1 fully saturated rings. The van der Waals surface area contributed by atoms with Crippen molar-refractivity contribution in [1.29, 1.82) is 0 Å². The Hall–Kier alpha value is -3.86. The molecule has 0 aromatic heterocycles. The number of aliphatic hydroxyl groups excluding tert-OH is 1. The number of hydrogen-bond donors (Lipinski definition) is 1. The summed E-state index contributed by atoms with van der Waals surface area (Å²) < 4.78 is 5.39. The molecule has 0 spiro atoms. The monoisotopic (exact) mass is 441 g/mol. The van der Waals surface area contributed by atoms with E-state index in [0.29, 0.717) is 22.6 Å². The Morgan fingerprint density at radius 3 is 2.15 bits per heavy atom. The molecule has 1 amide bonds. The number of hydrogen-bond acceptors (Lipinski definition) is 4. The van der Waals surface area contributed by atoms with Crippen molar-refractivity contribution in [2.75, 3.05) is 12.0 Å². The minimum atomic E-state index is -0.788. The molecule has 0 radical (unpaired) electrons. The quantitative estimate of drug-likeness (QED) is 0.327. The van der Waals surface area contributed by atoms with E-state index in [0.717, 1.165) is 22.3 Å². The highest BCUT2D eigenvalue weighted by Crippen LogP contribution is 2.43. The Morgan fingerprint density at radius 1 is 0.848 bits per heavy atom. The number of amides is 1. The third-order valence-corrected chi connectivity index (χ3v) is 6.40. The van der Waals surface area contributed by atoms with Crippen LogP contribution in [-0.2, 0) is 9.59 Å². The van der Waals surface area contributed by atoms with Crippen LogP contribution in [0.25, 0.3) is 5.76 Å². The van der Waals surface area contributed by atoms with Crippen LogP contribution >= 0.6 is 0 Å². The van der Waals surface area contributed by atoms with Crippen molar-refractivity contribution in [1.82, 2.24) is 0 Å². The van der Waals surface area contributed by atoms with Crippen LogP contribution in [0, 0.1) is 27.7 Å². The molecule has 0 aliphatic carbocycles. The van der Waals surface area contributed by atoms with E-state index in [9.17, 15) is 14.7 Å². The molecular weight excluding hydrogens is 414 g/mol. The SMILES string of the molecule is COc1cccc(C2/C(=C(\O)c3ccc(C)c(C)c3)C(=O)C(=O)N2c2ccc(C)c(C)c2)c1. The van der Waals surface area contributed by atoms with E-state index >= 15 is 0 Å². The van der Waals surface area contributed by atoms with Crippen molar-refractivity contribution in [2.24, 2.45) is 0 Å². The van der Waals surface area contributed by atoms with Crippen LogP contribution in [-0.4, -0.2) is 23.9 Å². The van der Waals surface area contributed by atoms with Gasteiger partial charge in [0.25, 0.3) is 11.7 Å². The Kier molecular flexibility index (Phi) is 5.81. The first-order chi connectivity index (χ1) is 15.7. The zero-order chi connectivity index (χ0) is 23.9. The third-order valence-electron chi connectivity index (χ3n) is 6.40. The predicted molar refractivity (Wildman–Crippen MR) is 130 cm³/mol. The molecule has 1 heterocycles. The van der Waals surface area contributed by atoms with Gasteiger partial charge in [-0.05, 0) is 85.8 Å². The molecule has 4 rings (SSSR count). The number of nitrogens with zero attached hydrogens (tertiary/aromatic N) is 1. The lowest BCUT2D eigenvalue weighted by atomic mass is 9.94. The summed E-state index contributed by atoms with van der Waals surface area (Å²) in [6.45, 7) is 7.88. The smallest absolute Gasteiger partial charge is 0.300 e. The fraction of sp³-hybridized carbons (Fsp3) is 0.214. The van der Waals surface area contributed by atoms with E-state index in [1.54, 1.807) is 25.3 Å². The average molecular weight is 442 g/mol. The van der Waals surface area contributed by atoms with Gasteiger partial charge in [-0.25, -0.2) is 0 Å². The van der Waals surface area contributed by atoms with Gasteiger partial charge in [0.1, 0.15) is 11.5 Å². The molecule has 168 valence electrons. The Labute approximate surface area is 193 Å². The molecule has 3 aromatic rings. The molecular formula is C28H27NO4. The van der Waals surface area contributed by atoms with Gasteiger partial charge < -0.3 is 9.84 Å². The fourth-order valence-corrected chi connectivity index (χ4v) is 4.15. The summed E-state index contributed by atoms with van der Waals surface area (Å²) in [7, 11) is 1.56. The lowest BCUT2D eigenvalue weighted by Crippen LogP contribution is -2.29. The van der Waals surface area contributed by atoms with Crippen LogP contribution < -0.4 is 9.64 Å². The number of methoxy groups -OCH3 is 1. The first kappa shape index (κ1) is 22.3. The zero-order valence-electron chi connectivity index (χ0n) is 19.5. The lowest BCUT2D eigenvalue weighted by molar-refractivity contribution is -0.132. The first-order valence-corrected chi connectivity index (χ1v) is 10.8. The van der Waals surface area contributed by atoms with Crippen LogP contribution in [0.5, 0.6) is 5.75 Å². The number of benzene rings is 3. The maximum Gasteiger partial charge on any atom is 0.300 e. The molecule has 5 nitrogen and oxygen atoms in total. The number of Topliss-reactive ketones (excluding diaryl/α,β-unsaturated/α-hetero) is 1. The number of aliphatic hydroxyl groups is 1. The highest BCUT2D eigenvalue weighted by molar-refractivity contribution is 6.51. The van der Waals surface area contributed by atoms with Gasteiger partial charge in [0.2, 0.25) is 0 Å². The van der Waals surface area contributed by atoms with Crippen molar-refractivity contribution < 1.29 is 19.4 Å². The first-order valence-electron chi connectivity index (χ1n) is 10.8. The van der Waals surface area contributed by atoms with Gasteiger partial charge in [-0.15, -0.1) is 0 Å². The van der Waals surface area contributed by atoms with E-state index in [2.05, 4.69) is 0 Å². The Bertz CT molecular complexity index is 1300. The van der Waals surface area contributed by atoms with Gasteiger partial charge in [-0.2, -0.15) is 0 Å². The van der Waals surface area contributed by atoms with Crippen molar-refractivity contribution >= 4 is 23.1 Å². The number of carbonyl (C=O) groups is 2. The molecule has 0 saturated carbocycles. The van der Waals surface area contributed by atoms with Crippen LogP contribution in [0.3, 0.4) is 0 Å². The molecule has 33 heavy (non-hydrogen) atoms. The Balaban J connectivity index is 1.97. The predicted octanol–water partition coefficient (Wildman–Crippen LogP) is 5.56. The van der Waals surface area contributed by atoms with Crippen LogP contribution in [0.15, 0.2) is 66.2 Å². The average Bonchev–Trinajstić information content (AvgIpc) is 3.07. The van der Waals surface area contributed by atoms with E-state index < -0.39 is 17.7 Å². The van der Waals surface area contributed by atoms with Gasteiger partial charge in [-0.1, -0.05) is 30.3 Å². The van der Waals surface area contributed by atoms with Gasteiger partial charge in [0.15, 0.2) is 0 Å². The van der Waals surface area contributed by atoms with Crippen molar-refractivity contribution in [3.05, 3.63) is 99.6 Å². The van der Waals surface area contributed by atoms with Gasteiger partial charge in [-0.3, -0.25) is 14.5 Å². The summed E-state index contributed by atoms with van der Waals surface area (Å²) in [6.07, 6.45) is 0. The highest BCUT2D eigenvalue weighted by atomic mass is 16.5. The minimum Gasteiger partial charge on any atom is -0.507 e. The summed E-state index contributed by atoms with van der Waals surface area (Å²) >= 11 is 0. The number of ketones is 1. The topological polar surface area (TPSA) is 66.8 Å². The molecule has 1 N–H and O–H groups in total. The van der Waals surface area contributed by atoms with Crippen LogP contribution in [0.4, 0.5) is 5.69 Å². The number of rotatable bonds is 4. The zero-order valence-corrected chi connectivity index (χ0v) is 19.5. The summed E-state index contributed by atoms with van der Waals surface area (Å²) in [5, 5.41) is 11.3. The molecule has 1 aliphatic heterocycles. The molecule has 3 aromatic carbocycles. The second kappa shape index (κ2) is 8.58. The molecule has 1 aliphatic rings. The maximum atomic E-state index is 13.3. The molecule has 5 heteroatoms. The van der Waals surface area contributed by atoms with Crippen LogP contribution in [0.1, 0.15) is 39.4 Å². The fourth-order valence-electron chi connectivity index (χ4n) is 4.15. The van der Waals surface area contributed by atoms with Gasteiger partial charge in [0, 0.05) is 11.3 Å². The molecule has 1 unspecified atom stereocenters. The summed E-state index contributed by atoms with van der Waals surface area (Å²) in [4.78, 5) is 28.1. The van der Waals surface area contributed by atoms with E-state index in [-0.39, 0.29) is 11.3 Å². The van der Waals surface area contributed by atoms with Crippen molar-refractivity contribution in [3.8, 4) is 5.75 Å². The van der Waals surface area contributed by atoms with Crippen molar-refractivity contribution in [2.45, 2.75) is 33.7 Å². The third kappa shape index (κ3) is 3.91. The number of ether oxygens (including phenoxy) is 1. The maximum absolute atomic E-state index is 13.3. The highest BCUT2D eigenvalue weighted by Gasteiger charge is 2.47. The van der Waals surface area contributed by atoms with E-state index in [1.165, 1.54) is 4.90 Å². The second-order valence-electron chi connectivity index (χ2n) is 8.51. The van der Waals surface area contributed by atoms with Gasteiger partial charge in [0.05, 0.1) is 18.7 Å². The molecule has 1 saturated heterocycles. The number of anilines is 1. The summed E-state index contributed by atoms with van der Waals surface area (Å²) in [5.74, 6) is -0.965. The molecule has 0 bridgehead atoms. The Morgan fingerprint density at radius 2 is 1.52 bits per heavy atom. The molecule has 1 atom stereocenters. The van der Waals surface area contributed by atoms with Crippen LogP contribution in [0.2, 0.25) is 0 Å². The van der Waals surface area contributed by atoms with E-state index in [1.807, 2.05) is 70.2 Å². The van der Waals surface area contributed by atoms with Crippen molar-refractivity contribution in [3.63, 3.8) is 0 Å². The standard InChI is InChI=1S/C28H27NO4/c1-16-9-11-21(13-18(16)3)26(30)24-25(20-7-6-8-23(15-20)33-5)29(28(32)27(24)31)22-12-10-17(2)19(4)14-22/h6-15,25,30H,1-5H3/b26-24+. The van der Waals surface area contributed by atoms with Gasteiger partial charge >= 0.3 is 0 Å². The number of aryl methyl sites for hydroxylation is 4. The van der Waals surface area contributed by atoms with E-state index in [4.69, 9.17) is 4.74 Å². The normalized spacial score (nSPS) is 17.5. The summed E-state index contributed by atoms with van der Waals surface area (Å²) in [6, 6.07) is 17.6.